The molecule has 6 heteroatoms. The number of nitrogens with zero attached hydrogens (tertiary/aromatic N) is 3. The molecule has 2 heterocycles. The molecule has 0 aliphatic carbocycles. The van der Waals surface area contributed by atoms with E-state index in [1.54, 1.807) is 38.1 Å². The first kappa shape index (κ1) is 16.7. The number of nitriles is 1. The van der Waals surface area contributed by atoms with Gasteiger partial charge in [0.2, 0.25) is 0 Å². The lowest BCUT2D eigenvalue weighted by Crippen LogP contribution is -2.22. The minimum Gasteiger partial charge on any atom is -0.455 e. The predicted octanol–water partition coefficient (Wildman–Crippen LogP) is 4.13. The fourth-order valence-corrected chi connectivity index (χ4v) is 2.59. The van der Waals surface area contributed by atoms with Crippen LogP contribution in [-0.2, 0) is 0 Å². The Labute approximate surface area is 149 Å². The molecule has 3 aromatic rings. The van der Waals surface area contributed by atoms with E-state index in [4.69, 9.17) is 21.3 Å². The van der Waals surface area contributed by atoms with Crippen LogP contribution < -0.4 is 5.56 Å². The van der Waals surface area contributed by atoms with Crippen molar-refractivity contribution in [2.24, 2.45) is 5.10 Å². The SMILES string of the molecule is Cc1cc(C)n(/N=C/c2ccc(-c3ccc(Cl)cc3)o2)c(=O)c1C#N. The van der Waals surface area contributed by atoms with Gasteiger partial charge in [-0.25, -0.2) is 4.68 Å². The van der Waals surface area contributed by atoms with Gasteiger partial charge >= 0.3 is 0 Å². The molecular weight excluding hydrogens is 338 g/mol. The van der Waals surface area contributed by atoms with Gasteiger partial charge in [-0.1, -0.05) is 11.6 Å². The highest BCUT2D eigenvalue weighted by Crippen LogP contribution is 2.23. The molecule has 0 N–H and O–H groups in total. The Balaban J connectivity index is 1.93. The summed E-state index contributed by atoms with van der Waals surface area (Å²) in [5.41, 5.74) is 1.81. The molecule has 0 aliphatic rings. The zero-order valence-corrected chi connectivity index (χ0v) is 14.4. The third-order valence-corrected chi connectivity index (χ3v) is 3.98. The van der Waals surface area contributed by atoms with E-state index in [1.807, 2.05) is 24.3 Å². The van der Waals surface area contributed by atoms with Crippen molar-refractivity contribution in [3.63, 3.8) is 0 Å². The van der Waals surface area contributed by atoms with Gasteiger partial charge in [-0.05, 0) is 61.9 Å². The Kier molecular flexibility index (Phi) is 4.55. The molecule has 3 rings (SSSR count). The van der Waals surface area contributed by atoms with E-state index in [1.165, 1.54) is 10.9 Å². The number of halogens is 1. The first-order valence-electron chi connectivity index (χ1n) is 7.53. The van der Waals surface area contributed by atoms with Gasteiger partial charge in [0.15, 0.2) is 0 Å². The fourth-order valence-electron chi connectivity index (χ4n) is 2.47. The van der Waals surface area contributed by atoms with Gasteiger partial charge in [0, 0.05) is 16.3 Å². The van der Waals surface area contributed by atoms with Crippen LogP contribution >= 0.6 is 11.6 Å². The number of hydrogen-bond acceptors (Lipinski definition) is 4. The van der Waals surface area contributed by atoms with Crippen molar-refractivity contribution in [2.45, 2.75) is 13.8 Å². The molecule has 25 heavy (non-hydrogen) atoms. The molecule has 0 unspecified atom stereocenters. The second-order valence-electron chi connectivity index (χ2n) is 5.53. The molecule has 0 bridgehead atoms. The summed E-state index contributed by atoms with van der Waals surface area (Å²) in [6.07, 6.45) is 1.45. The molecule has 0 saturated carbocycles. The summed E-state index contributed by atoms with van der Waals surface area (Å²) >= 11 is 5.88. The summed E-state index contributed by atoms with van der Waals surface area (Å²) in [5.74, 6) is 1.17. The fraction of sp³-hybridized carbons (Fsp3) is 0.105. The van der Waals surface area contributed by atoms with Crippen molar-refractivity contribution in [3.8, 4) is 17.4 Å². The summed E-state index contributed by atoms with van der Waals surface area (Å²) in [6.45, 7) is 3.49. The molecule has 0 amide bonds. The third kappa shape index (κ3) is 3.39. The molecule has 1 aromatic carbocycles. The number of furan rings is 1. The molecule has 0 radical (unpaired) electrons. The largest absolute Gasteiger partial charge is 0.455 e. The topological polar surface area (TPSA) is 71.3 Å². The van der Waals surface area contributed by atoms with Crippen LogP contribution in [0, 0.1) is 25.2 Å². The Morgan fingerprint density at radius 2 is 1.92 bits per heavy atom. The van der Waals surface area contributed by atoms with E-state index in [9.17, 15) is 4.79 Å². The highest BCUT2D eigenvalue weighted by molar-refractivity contribution is 6.30. The standard InChI is InChI=1S/C19H14ClN3O2/c1-12-9-13(2)23(19(24)17(12)10-21)22-11-16-7-8-18(25-16)14-3-5-15(20)6-4-14/h3-9,11H,1-2H3/b22-11+. The molecule has 0 saturated heterocycles. The number of benzene rings is 1. The minimum atomic E-state index is -0.444. The Morgan fingerprint density at radius 1 is 1.20 bits per heavy atom. The molecule has 5 nitrogen and oxygen atoms in total. The Bertz CT molecular complexity index is 1050. The van der Waals surface area contributed by atoms with Crippen LogP contribution in [0.5, 0.6) is 0 Å². The summed E-state index contributed by atoms with van der Waals surface area (Å²) in [6, 6.07) is 14.5. The van der Waals surface area contributed by atoms with E-state index < -0.39 is 5.56 Å². The van der Waals surface area contributed by atoms with Crippen LogP contribution in [0.15, 0.2) is 56.8 Å². The van der Waals surface area contributed by atoms with E-state index >= 15 is 0 Å². The average Bonchev–Trinajstić information content (AvgIpc) is 3.04. The van der Waals surface area contributed by atoms with Crippen molar-refractivity contribution in [3.05, 3.63) is 80.4 Å². The predicted molar refractivity (Wildman–Crippen MR) is 97.0 cm³/mol. The van der Waals surface area contributed by atoms with Gasteiger partial charge in [-0.3, -0.25) is 4.79 Å². The highest BCUT2D eigenvalue weighted by Gasteiger charge is 2.09. The van der Waals surface area contributed by atoms with Crippen LogP contribution in [0.1, 0.15) is 22.6 Å². The quantitative estimate of drug-likeness (QED) is 0.666. The molecule has 2 aromatic heterocycles. The highest BCUT2D eigenvalue weighted by atomic mass is 35.5. The van der Waals surface area contributed by atoms with Crippen molar-refractivity contribution in [2.75, 3.05) is 0 Å². The van der Waals surface area contributed by atoms with Gasteiger partial charge in [0.05, 0.1) is 6.21 Å². The molecule has 0 fully saturated rings. The average molecular weight is 352 g/mol. The summed E-state index contributed by atoms with van der Waals surface area (Å²) in [5, 5.41) is 13.9. The second kappa shape index (κ2) is 6.80. The maximum absolute atomic E-state index is 12.3. The zero-order valence-electron chi connectivity index (χ0n) is 13.7. The molecule has 0 atom stereocenters. The van der Waals surface area contributed by atoms with Gasteiger partial charge in [0.25, 0.3) is 5.56 Å². The maximum atomic E-state index is 12.3. The van der Waals surface area contributed by atoms with Crippen molar-refractivity contribution in [1.82, 2.24) is 4.68 Å². The van der Waals surface area contributed by atoms with Crippen LogP contribution in [0.3, 0.4) is 0 Å². The van der Waals surface area contributed by atoms with Crippen molar-refractivity contribution < 1.29 is 4.42 Å². The number of pyridine rings is 1. The number of hydrogen-bond donors (Lipinski definition) is 0. The molecule has 0 spiro atoms. The van der Waals surface area contributed by atoms with Gasteiger partial charge in [-0.2, -0.15) is 10.4 Å². The first-order chi connectivity index (χ1) is 12.0. The number of rotatable bonds is 3. The Hall–Kier alpha value is -3.10. The van der Waals surface area contributed by atoms with Gasteiger partial charge < -0.3 is 4.42 Å². The van der Waals surface area contributed by atoms with Gasteiger partial charge in [0.1, 0.15) is 23.2 Å². The maximum Gasteiger partial charge on any atom is 0.289 e. The number of aryl methyl sites for hydroxylation is 2. The van der Waals surface area contributed by atoms with Crippen LogP contribution in [0.25, 0.3) is 11.3 Å². The zero-order chi connectivity index (χ0) is 18.0. The van der Waals surface area contributed by atoms with E-state index in [-0.39, 0.29) is 5.56 Å². The Morgan fingerprint density at radius 3 is 2.60 bits per heavy atom. The van der Waals surface area contributed by atoms with Crippen molar-refractivity contribution >= 4 is 17.8 Å². The lowest BCUT2D eigenvalue weighted by atomic mass is 10.1. The molecular formula is C19H14ClN3O2. The van der Waals surface area contributed by atoms with E-state index in [0.717, 1.165) is 5.56 Å². The number of aromatic nitrogens is 1. The minimum absolute atomic E-state index is 0.0871. The smallest absolute Gasteiger partial charge is 0.289 e. The van der Waals surface area contributed by atoms with Crippen LogP contribution in [0.2, 0.25) is 5.02 Å². The molecule has 0 aliphatic heterocycles. The van der Waals surface area contributed by atoms with Crippen LogP contribution in [0.4, 0.5) is 0 Å². The lowest BCUT2D eigenvalue weighted by molar-refractivity contribution is 0.574. The first-order valence-corrected chi connectivity index (χ1v) is 7.91. The summed E-state index contributed by atoms with van der Waals surface area (Å²) in [4.78, 5) is 12.3. The lowest BCUT2D eigenvalue weighted by Gasteiger charge is -2.05. The summed E-state index contributed by atoms with van der Waals surface area (Å²) < 4.78 is 6.91. The van der Waals surface area contributed by atoms with Crippen molar-refractivity contribution in [1.29, 1.82) is 5.26 Å². The van der Waals surface area contributed by atoms with Crippen LogP contribution in [-0.4, -0.2) is 10.9 Å². The molecule has 124 valence electrons. The van der Waals surface area contributed by atoms with E-state index in [2.05, 4.69) is 5.10 Å². The second-order valence-corrected chi connectivity index (χ2v) is 5.96. The van der Waals surface area contributed by atoms with E-state index in [0.29, 0.717) is 27.8 Å². The third-order valence-electron chi connectivity index (χ3n) is 3.73. The monoisotopic (exact) mass is 351 g/mol. The van der Waals surface area contributed by atoms with Gasteiger partial charge in [-0.15, -0.1) is 0 Å². The normalized spacial score (nSPS) is 11.0. The summed E-state index contributed by atoms with van der Waals surface area (Å²) in [7, 11) is 0.